The van der Waals surface area contributed by atoms with Crippen molar-refractivity contribution in [1.82, 2.24) is 4.90 Å². The lowest BCUT2D eigenvalue weighted by atomic mass is 10.1. The smallest absolute Gasteiger partial charge is 0.259 e. The maximum absolute atomic E-state index is 12.2. The van der Waals surface area contributed by atoms with Crippen LogP contribution in [-0.4, -0.2) is 22.6 Å². The van der Waals surface area contributed by atoms with Gasteiger partial charge in [0.2, 0.25) is 0 Å². The predicted molar refractivity (Wildman–Crippen MR) is 79.5 cm³/mol. The molecule has 0 saturated carbocycles. The number of ether oxygens (including phenoxy) is 1. The molecule has 0 fully saturated rings. The van der Waals surface area contributed by atoms with Crippen molar-refractivity contribution in [2.45, 2.75) is 6.23 Å². The second-order valence-electron chi connectivity index (χ2n) is 4.58. The minimum atomic E-state index is -1.01. The van der Waals surface area contributed by atoms with Crippen LogP contribution in [0, 0.1) is 0 Å². The Morgan fingerprint density at radius 3 is 2.67 bits per heavy atom. The van der Waals surface area contributed by atoms with Gasteiger partial charge in [-0.3, -0.25) is 9.69 Å². The minimum absolute atomic E-state index is 0.101. The minimum Gasteiger partial charge on any atom is -0.471 e. The van der Waals surface area contributed by atoms with Crippen LogP contribution in [0.4, 0.5) is 0 Å². The molecule has 0 aliphatic carbocycles. The van der Waals surface area contributed by atoms with Crippen molar-refractivity contribution in [2.75, 3.05) is 6.73 Å². The van der Waals surface area contributed by atoms with E-state index in [1.54, 1.807) is 42.5 Å². The number of hydrogen-bond acceptors (Lipinski definition) is 3. The normalized spacial score (nSPS) is 17.0. The largest absolute Gasteiger partial charge is 0.471 e. The first kappa shape index (κ1) is 14.2. The molecule has 0 radical (unpaired) electrons. The molecule has 2 aromatic carbocycles. The molecule has 1 N–H and O–H groups in total. The molecule has 0 bridgehead atoms. The zero-order chi connectivity index (χ0) is 15.0. The topological polar surface area (TPSA) is 49.8 Å². The Morgan fingerprint density at radius 2 is 1.95 bits per heavy atom. The van der Waals surface area contributed by atoms with E-state index in [1.807, 2.05) is 0 Å². The molecule has 1 unspecified atom stereocenters. The van der Waals surface area contributed by atoms with Gasteiger partial charge in [-0.05, 0) is 24.3 Å². The third kappa shape index (κ3) is 2.58. The van der Waals surface area contributed by atoms with Gasteiger partial charge >= 0.3 is 0 Å². The summed E-state index contributed by atoms with van der Waals surface area (Å²) >= 11 is 11.8. The van der Waals surface area contributed by atoms with Gasteiger partial charge in [0.15, 0.2) is 13.0 Å². The van der Waals surface area contributed by atoms with E-state index in [1.165, 1.54) is 4.90 Å². The van der Waals surface area contributed by atoms with Gasteiger partial charge < -0.3 is 9.84 Å². The number of fused-ring (bicyclic) bond motifs is 1. The van der Waals surface area contributed by atoms with Crippen LogP contribution < -0.4 is 4.74 Å². The standard InChI is InChI=1S/C15H11Cl2NO3/c16-9-5-6-13(12(17)7-9)21-8-18-14(19)10-3-1-2-4-11(10)15(18)20/h1-7,14,19H,8H2. The Balaban J connectivity index is 1.76. The first-order chi connectivity index (χ1) is 10.1. The second kappa shape index (κ2) is 5.56. The Hall–Kier alpha value is -1.75. The summed E-state index contributed by atoms with van der Waals surface area (Å²) in [5, 5.41) is 11.0. The fraction of sp³-hybridized carbons (Fsp3) is 0.133. The summed E-state index contributed by atoms with van der Waals surface area (Å²) in [6.07, 6.45) is -1.01. The van der Waals surface area contributed by atoms with Crippen molar-refractivity contribution in [3.05, 3.63) is 63.6 Å². The Kier molecular flexibility index (Phi) is 3.76. The number of nitrogens with zero attached hydrogens (tertiary/aromatic N) is 1. The molecule has 0 spiro atoms. The average molecular weight is 324 g/mol. The predicted octanol–water partition coefficient (Wildman–Crippen LogP) is 3.48. The van der Waals surface area contributed by atoms with Crippen molar-refractivity contribution in [3.63, 3.8) is 0 Å². The molecule has 21 heavy (non-hydrogen) atoms. The maximum Gasteiger partial charge on any atom is 0.259 e. The summed E-state index contributed by atoms with van der Waals surface area (Å²) in [7, 11) is 0. The van der Waals surface area contributed by atoms with Gasteiger partial charge in [-0.15, -0.1) is 0 Å². The molecule has 2 aromatic rings. The fourth-order valence-corrected chi connectivity index (χ4v) is 2.67. The molecule has 1 amide bonds. The first-order valence-electron chi connectivity index (χ1n) is 6.24. The van der Waals surface area contributed by atoms with Crippen molar-refractivity contribution < 1.29 is 14.6 Å². The number of benzene rings is 2. The molecule has 1 heterocycles. The van der Waals surface area contributed by atoms with Gasteiger partial charge in [-0.2, -0.15) is 0 Å². The third-order valence-electron chi connectivity index (χ3n) is 3.28. The molecule has 1 aliphatic heterocycles. The highest BCUT2D eigenvalue weighted by atomic mass is 35.5. The molecule has 6 heteroatoms. The van der Waals surface area contributed by atoms with Crippen LogP contribution in [0.1, 0.15) is 22.1 Å². The van der Waals surface area contributed by atoms with Gasteiger partial charge in [-0.25, -0.2) is 0 Å². The summed E-state index contributed by atoms with van der Waals surface area (Å²) in [5.41, 5.74) is 1.06. The number of hydrogen-bond donors (Lipinski definition) is 1. The van der Waals surface area contributed by atoms with E-state index < -0.39 is 6.23 Å². The Labute approximate surface area is 131 Å². The van der Waals surface area contributed by atoms with E-state index in [2.05, 4.69) is 0 Å². The van der Waals surface area contributed by atoms with Gasteiger partial charge in [0.1, 0.15) is 5.75 Å². The van der Waals surface area contributed by atoms with Crippen LogP contribution in [0.2, 0.25) is 10.0 Å². The summed E-state index contributed by atoms with van der Waals surface area (Å²) in [6, 6.07) is 11.7. The lowest BCUT2D eigenvalue weighted by molar-refractivity contribution is -0.0141. The number of rotatable bonds is 3. The van der Waals surface area contributed by atoms with Crippen molar-refractivity contribution in [3.8, 4) is 5.75 Å². The quantitative estimate of drug-likeness (QED) is 0.940. The Bertz CT molecular complexity index is 705. The molecule has 0 aromatic heterocycles. The van der Waals surface area contributed by atoms with Crippen LogP contribution in [0.25, 0.3) is 0 Å². The monoisotopic (exact) mass is 323 g/mol. The van der Waals surface area contributed by atoms with Crippen LogP contribution in [0.5, 0.6) is 5.75 Å². The van der Waals surface area contributed by atoms with E-state index in [9.17, 15) is 9.90 Å². The van der Waals surface area contributed by atoms with Crippen LogP contribution in [0.15, 0.2) is 42.5 Å². The number of aliphatic hydroxyl groups is 1. The highest BCUT2D eigenvalue weighted by Gasteiger charge is 2.35. The molecule has 108 valence electrons. The van der Waals surface area contributed by atoms with Crippen LogP contribution in [-0.2, 0) is 0 Å². The van der Waals surface area contributed by atoms with Crippen molar-refractivity contribution in [1.29, 1.82) is 0 Å². The number of carbonyl (C=O) groups excluding carboxylic acids is 1. The summed E-state index contributed by atoms with van der Waals surface area (Å²) < 4.78 is 5.50. The SMILES string of the molecule is O=C1c2ccccc2C(O)N1COc1ccc(Cl)cc1Cl. The average Bonchev–Trinajstić information content (AvgIpc) is 2.71. The van der Waals surface area contributed by atoms with Crippen molar-refractivity contribution in [2.24, 2.45) is 0 Å². The summed E-state index contributed by atoms with van der Waals surface area (Å²) in [4.78, 5) is 13.4. The molecular weight excluding hydrogens is 313 g/mol. The maximum atomic E-state index is 12.2. The first-order valence-corrected chi connectivity index (χ1v) is 6.99. The molecule has 0 saturated heterocycles. The molecule has 4 nitrogen and oxygen atoms in total. The van der Waals surface area contributed by atoms with Crippen LogP contribution in [0.3, 0.4) is 0 Å². The number of amides is 1. The number of halogens is 2. The van der Waals surface area contributed by atoms with Crippen LogP contribution >= 0.6 is 23.2 Å². The summed E-state index contributed by atoms with van der Waals surface area (Å²) in [6.45, 7) is -0.101. The number of aliphatic hydroxyl groups excluding tert-OH is 1. The van der Waals surface area contributed by atoms with Gasteiger partial charge in [0.05, 0.1) is 5.02 Å². The van der Waals surface area contributed by atoms with Gasteiger partial charge in [0, 0.05) is 16.1 Å². The third-order valence-corrected chi connectivity index (χ3v) is 3.81. The fourth-order valence-electron chi connectivity index (χ4n) is 2.21. The second-order valence-corrected chi connectivity index (χ2v) is 5.43. The Morgan fingerprint density at radius 1 is 1.19 bits per heavy atom. The lowest BCUT2D eigenvalue weighted by Gasteiger charge is -2.21. The summed E-state index contributed by atoms with van der Waals surface area (Å²) in [5.74, 6) is 0.125. The van der Waals surface area contributed by atoms with Crippen molar-refractivity contribution >= 4 is 29.1 Å². The molecule has 1 aliphatic rings. The van der Waals surface area contributed by atoms with E-state index in [4.69, 9.17) is 27.9 Å². The van der Waals surface area contributed by atoms with Gasteiger partial charge in [-0.1, -0.05) is 41.4 Å². The van der Waals surface area contributed by atoms with E-state index >= 15 is 0 Å². The highest BCUT2D eigenvalue weighted by Crippen LogP contribution is 2.32. The molecule has 3 rings (SSSR count). The molecular formula is C15H11Cl2NO3. The van der Waals surface area contributed by atoms with E-state index in [0.717, 1.165) is 0 Å². The lowest BCUT2D eigenvalue weighted by Crippen LogP contribution is -2.31. The van der Waals surface area contributed by atoms with Gasteiger partial charge in [0.25, 0.3) is 5.91 Å². The van der Waals surface area contributed by atoms with E-state index in [0.29, 0.717) is 26.9 Å². The zero-order valence-electron chi connectivity index (χ0n) is 10.8. The van der Waals surface area contributed by atoms with E-state index in [-0.39, 0.29) is 12.6 Å². The highest BCUT2D eigenvalue weighted by molar-refractivity contribution is 6.35. The zero-order valence-corrected chi connectivity index (χ0v) is 12.3. The number of carbonyl (C=O) groups is 1. The molecule has 1 atom stereocenters.